The summed E-state index contributed by atoms with van der Waals surface area (Å²) in [5, 5.41) is -0.0151. The van der Waals surface area contributed by atoms with Gasteiger partial charge in [0.25, 0.3) is 5.92 Å². The number of aryl methyl sites for hydroxylation is 1. The van der Waals surface area contributed by atoms with Crippen molar-refractivity contribution in [2.45, 2.75) is 51.6 Å². The SMILES string of the molecule is Cc1ncc(C2CCN(C(=O)OC(C)(C)C)CC2(F)F)c(C(=O)CBr)n1. The van der Waals surface area contributed by atoms with Crippen LogP contribution < -0.4 is 0 Å². The summed E-state index contributed by atoms with van der Waals surface area (Å²) in [5.41, 5.74) is -0.637. The van der Waals surface area contributed by atoms with Crippen molar-refractivity contribution in [3.8, 4) is 0 Å². The number of hydrogen-bond acceptors (Lipinski definition) is 5. The van der Waals surface area contributed by atoms with Crippen molar-refractivity contribution in [3.63, 3.8) is 0 Å². The Kier molecular flexibility index (Phi) is 5.99. The number of alkyl halides is 3. The number of ketones is 1. The predicted molar refractivity (Wildman–Crippen MR) is 95.0 cm³/mol. The number of carbonyl (C=O) groups excluding carboxylic acids is 2. The zero-order valence-corrected chi connectivity index (χ0v) is 16.8. The van der Waals surface area contributed by atoms with Gasteiger partial charge < -0.3 is 9.64 Å². The summed E-state index contributed by atoms with van der Waals surface area (Å²) in [6.07, 6.45) is 0.508. The third kappa shape index (κ3) is 4.75. The van der Waals surface area contributed by atoms with Crippen LogP contribution in [0.5, 0.6) is 0 Å². The molecule has 26 heavy (non-hydrogen) atoms. The second-order valence-electron chi connectivity index (χ2n) is 7.28. The van der Waals surface area contributed by atoms with Gasteiger partial charge in [0.1, 0.15) is 17.1 Å². The van der Waals surface area contributed by atoms with Crippen molar-refractivity contribution in [1.82, 2.24) is 14.9 Å². The zero-order chi connectivity index (χ0) is 19.7. The van der Waals surface area contributed by atoms with E-state index >= 15 is 0 Å². The van der Waals surface area contributed by atoms with Gasteiger partial charge in [-0.05, 0) is 34.1 Å². The Balaban J connectivity index is 2.27. The number of hydrogen-bond donors (Lipinski definition) is 0. The van der Waals surface area contributed by atoms with Crippen LogP contribution in [0.1, 0.15) is 55.0 Å². The van der Waals surface area contributed by atoms with Crippen molar-refractivity contribution < 1.29 is 23.1 Å². The van der Waals surface area contributed by atoms with Gasteiger partial charge in [0.2, 0.25) is 0 Å². The topological polar surface area (TPSA) is 72.4 Å². The highest BCUT2D eigenvalue weighted by atomic mass is 79.9. The fraction of sp³-hybridized carbons (Fsp3) is 0.647. The molecule has 0 radical (unpaired) electrons. The minimum Gasteiger partial charge on any atom is -0.444 e. The van der Waals surface area contributed by atoms with Gasteiger partial charge in [-0.15, -0.1) is 0 Å². The molecule has 1 aromatic rings. The molecule has 9 heteroatoms. The van der Waals surface area contributed by atoms with Crippen LogP contribution >= 0.6 is 15.9 Å². The summed E-state index contributed by atoms with van der Waals surface area (Å²) in [6.45, 7) is 5.96. The second kappa shape index (κ2) is 7.54. The highest BCUT2D eigenvalue weighted by Crippen LogP contribution is 2.41. The van der Waals surface area contributed by atoms with Crippen LogP contribution in [0.15, 0.2) is 6.20 Å². The molecular weight excluding hydrogens is 412 g/mol. The Hall–Kier alpha value is -1.64. The Morgan fingerprint density at radius 3 is 2.62 bits per heavy atom. The molecule has 1 atom stereocenters. The van der Waals surface area contributed by atoms with Gasteiger partial charge in [-0.1, -0.05) is 15.9 Å². The molecule has 6 nitrogen and oxygen atoms in total. The van der Waals surface area contributed by atoms with Crippen molar-refractivity contribution in [3.05, 3.63) is 23.3 Å². The van der Waals surface area contributed by atoms with Crippen LogP contribution in [0.3, 0.4) is 0 Å². The number of amides is 1. The molecule has 1 aliphatic heterocycles. The van der Waals surface area contributed by atoms with E-state index in [4.69, 9.17) is 4.74 Å². The first-order chi connectivity index (χ1) is 11.9. The number of halogens is 3. The molecule has 0 spiro atoms. The number of likely N-dealkylation sites (tertiary alicyclic amines) is 1. The maximum atomic E-state index is 14.8. The lowest BCUT2D eigenvalue weighted by Crippen LogP contribution is -2.51. The molecule has 1 amide bonds. The Morgan fingerprint density at radius 1 is 1.42 bits per heavy atom. The minimum absolute atomic E-state index is 0.00441. The maximum absolute atomic E-state index is 14.8. The number of piperidine rings is 1. The summed E-state index contributed by atoms with van der Waals surface area (Å²) in [5.74, 6) is -4.50. The predicted octanol–water partition coefficient (Wildman–Crippen LogP) is 3.72. The summed E-state index contributed by atoms with van der Waals surface area (Å²) in [7, 11) is 0. The Labute approximate surface area is 159 Å². The number of ether oxygens (including phenoxy) is 1. The molecule has 1 saturated heterocycles. The molecule has 2 rings (SSSR count). The van der Waals surface area contributed by atoms with E-state index in [2.05, 4.69) is 25.9 Å². The first kappa shape index (κ1) is 20.7. The summed E-state index contributed by atoms with van der Waals surface area (Å²) in [6, 6.07) is 0. The minimum atomic E-state index is -3.23. The third-order valence-electron chi connectivity index (χ3n) is 3.95. The molecule has 1 aromatic heterocycles. The van der Waals surface area contributed by atoms with E-state index in [0.29, 0.717) is 5.82 Å². The quantitative estimate of drug-likeness (QED) is 0.536. The number of aromatic nitrogens is 2. The van der Waals surface area contributed by atoms with E-state index in [9.17, 15) is 18.4 Å². The largest absolute Gasteiger partial charge is 0.444 e. The van der Waals surface area contributed by atoms with Crippen molar-refractivity contribution in [2.75, 3.05) is 18.4 Å². The van der Waals surface area contributed by atoms with Crippen LogP contribution in [0.2, 0.25) is 0 Å². The first-order valence-corrected chi connectivity index (χ1v) is 9.35. The summed E-state index contributed by atoms with van der Waals surface area (Å²) in [4.78, 5) is 33.2. The molecule has 1 aliphatic rings. The molecule has 0 aliphatic carbocycles. The van der Waals surface area contributed by atoms with E-state index in [1.54, 1.807) is 27.7 Å². The first-order valence-electron chi connectivity index (χ1n) is 8.23. The lowest BCUT2D eigenvalue weighted by Gasteiger charge is -2.39. The standard InChI is InChI=1S/C17H22BrF2N3O3/c1-10-21-8-11(14(22-10)13(24)7-18)12-5-6-23(9-17(12,19)20)15(25)26-16(2,3)4/h8,12H,5-7,9H2,1-4H3. The van der Waals surface area contributed by atoms with Crippen molar-refractivity contribution in [1.29, 1.82) is 0 Å². The lowest BCUT2D eigenvalue weighted by atomic mass is 9.85. The van der Waals surface area contributed by atoms with Crippen LogP contribution in [0, 0.1) is 6.92 Å². The average Bonchev–Trinajstić information content (AvgIpc) is 2.52. The van der Waals surface area contributed by atoms with Gasteiger partial charge in [0, 0.05) is 18.3 Å². The molecule has 1 unspecified atom stereocenters. The zero-order valence-electron chi connectivity index (χ0n) is 15.2. The highest BCUT2D eigenvalue weighted by Gasteiger charge is 2.48. The number of carbonyl (C=O) groups is 2. The van der Waals surface area contributed by atoms with E-state index in [1.165, 1.54) is 6.20 Å². The molecule has 0 N–H and O–H groups in total. The van der Waals surface area contributed by atoms with E-state index < -0.39 is 30.1 Å². The smallest absolute Gasteiger partial charge is 0.410 e. The average molecular weight is 434 g/mol. The monoisotopic (exact) mass is 433 g/mol. The van der Waals surface area contributed by atoms with Crippen molar-refractivity contribution >= 4 is 27.8 Å². The molecule has 2 heterocycles. The van der Waals surface area contributed by atoms with E-state index in [1.807, 2.05) is 0 Å². The molecule has 144 valence electrons. The molecule has 0 saturated carbocycles. The third-order valence-corrected chi connectivity index (χ3v) is 4.46. The van der Waals surface area contributed by atoms with Crippen molar-refractivity contribution in [2.24, 2.45) is 0 Å². The number of Topliss-reactive ketones (excluding diaryl/α,β-unsaturated/α-hetero) is 1. The van der Waals surface area contributed by atoms with Crippen LogP contribution in [0.4, 0.5) is 13.6 Å². The van der Waals surface area contributed by atoms with Gasteiger partial charge in [0.05, 0.1) is 17.8 Å². The Morgan fingerprint density at radius 2 is 2.08 bits per heavy atom. The number of rotatable bonds is 3. The Bertz CT molecular complexity index is 707. The summed E-state index contributed by atoms with van der Waals surface area (Å²) < 4.78 is 34.8. The van der Waals surface area contributed by atoms with E-state index in [0.717, 1.165) is 4.90 Å². The van der Waals surface area contributed by atoms with Gasteiger partial charge >= 0.3 is 6.09 Å². The van der Waals surface area contributed by atoms with Crippen LogP contribution in [-0.4, -0.2) is 56.7 Å². The lowest BCUT2D eigenvalue weighted by molar-refractivity contribution is -0.0851. The summed E-state index contributed by atoms with van der Waals surface area (Å²) >= 11 is 3.05. The molecule has 0 aromatic carbocycles. The van der Waals surface area contributed by atoms with Gasteiger partial charge in [-0.3, -0.25) is 4.79 Å². The fourth-order valence-corrected chi connectivity index (χ4v) is 3.09. The normalized spacial score (nSPS) is 20.0. The maximum Gasteiger partial charge on any atom is 0.410 e. The van der Waals surface area contributed by atoms with Gasteiger partial charge in [0.15, 0.2) is 5.78 Å². The molecule has 0 bridgehead atoms. The molecule has 1 fully saturated rings. The van der Waals surface area contributed by atoms with Crippen LogP contribution in [-0.2, 0) is 4.74 Å². The fourth-order valence-electron chi connectivity index (χ4n) is 2.83. The highest BCUT2D eigenvalue weighted by molar-refractivity contribution is 9.09. The van der Waals surface area contributed by atoms with Gasteiger partial charge in [-0.25, -0.2) is 23.5 Å². The van der Waals surface area contributed by atoms with E-state index in [-0.39, 0.29) is 35.3 Å². The molecular formula is C17H22BrF2N3O3. The number of nitrogens with zero attached hydrogens (tertiary/aromatic N) is 3. The van der Waals surface area contributed by atoms with Crippen LogP contribution in [0.25, 0.3) is 0 Å². The van der Waals surface area contributed by atoms with Gasteiger partial charge in [-0.2, -0.15) is 0 Å². The second-order valence-corrected chi connectivity index (χ2v) is 7.84.